The van der Waals surface area contributed by atoms with Crippen molar-refractivity contribution in [2.24, 2.45) is 0 Å². The summed E-state index contributed by atoms with van der Waals surface area (Å²) in [6.45, 7) is 4.19. The SMILES string of the molecule is Cc1ncc(CNC(=O)CN2CCCCCC2=O)c(C2CCCN2C)n1. The van der Waals surface area contributed by atoms with E-state index in [9.17, 15) is 9.59 Å². The average molecular weight is 359 g/mol. The van der Waals surface area contributed by atoms with Crippen LogP contribution in [0, 0.1) is 6.92 Å². The Hall–Kier alpha value is -2.02. The van der Waals surface area contributed by atoms with Crippen molar-refractivity contribution in [2.75, 3.05) is 26.7 Å². The van der Waals surface area contributed by atoms with Crippen LogP contribution >= 0.6 is 0 Å². The summed E-state index contributed by atoms with van der Waals surface area (Å²) in [5.41, 5.74) is 1.98. The van der Waals surface area contributed by atoms with Crippen molar-refractivity contribution >= 4 is 11.8 Å². The molecule has 0 aliphatic carbocycles. The Morgan fingerprint density at radius 2 is 2.12 bits per heavy atom. The zero-order chi connectivity index (χ0) is 18.5. The quantitative estimate of drug-likeness (QED) is 0.863. The summed E-state index contributed by atoms with van der Waals surface area (Å²) in [6, 6.07) is 0.288. The predicted molar refractivity (Wildman–Crippen MR) is 98.3 cm³/mol. The molecule has 2 aliphatic rings. The molecule has 1 N–H and O–H groups in total. The van der Waals surface area contributed by atoms with Crippen LogP contribution in [-0.2, 0) is 16.1 Å². The van der Waals surface area contributed by atoms with Crippen molar-refractivity contribution in [2.45, 2.75) is 58.0 Å². The lowest BCUT2D eigenvalue weighted by Crippen LogP contribution is -2.40. The highest BCUT2D eigenvalue weighted by Gasteiger charge is 2.27. The highest BCUT2D eigenvalue weighted by Crippen LogP contribution is 2.31. The molecular weight excluding hydrogens is 330 g/mol. The average Bonchev–Trinajstić information content (AvgIpc) is 2.94. The molecule has 3 heterocycles. The van der Waals surface area contributed by atoms with E-state index in [-0.39, 0.29) is 24.4 Å². The lowest BCUT2D eigenvalue weighted by atomic mass is 10.1. The maximum Gasteiger partial charge on any atom is 0.239 e. The van der Waals surface area contributed by atoms with Crippen LogP contribution in [0.2, 0.25) is 0 Å². The fourth-order valence-corrected chi connectivity index (χ4v) is 3.82. The number of nitrogens with zero attached hydrogens (tertiary/aromatic N) is 4. The third kappa shape index (κ3) is 4.58. The Morgan fingerprint density at radius 1 is 1.27 bits per heavy atom. The molecule has 0 bridgehead atoms. The molecule has 0 aromatic carbocycles. The second-order valence-corrected chi connectivity index (χ2v) is 7.37. The number of aryl methyl sites for hydroxylation is 1. The van der Waals surface area contributed by atoms with Gasteiger partial charge in [0.05, 0.1) is 18.3 Å². The molecule has 1 aromatic rings. The molecule has 2 amide bonds. The van der Waals surface area contributed by atoms with E-state index in [0.29, 0.717) is 19.5 Å². The first-order valence-electron chi connectivity index (χ1n) is 9.61. The number of amides is 2. The summed E-state index contributed by atoms with van der Waals surface area (Å²) in [7, 11) is 2.11. The van der Waals surface area contributed by atoms with Gasteiger partial charge in [-0.05, 0) is 46.2 Å². The number of nitrogens with one attached hydrogen (secondary N) is 1. The van der Waals surface area contributed by atoms with E-state index < -0.39 is 0 Å². The smallest absolute Gasteiger partial charge is 0.239 e. The third-order valence-electron chi connectivity index (χ3n) is 5.34. The highest BCUT2D eigenvalue weighted by atomic mass is 16.2. The molecule has 2 aliphatic heterocycles. The monoisotopic (exact) mass is 359 g/mol. The zero-order valence-corrected chi connectivity index (χ0v) is 15.8. The summed E-state index contributed by atoms with van der Waals surface area (Å²) >= 11 is 0. The van der Waals surface area contributed by atoms with Crippen LogP contribution in [0.5, 0.6) is 0 Å². The number of hydrogen-bond donors (Lipinski definition) is 1. The number of rotatable bonds is 5. The largest absolute Gasteiger partial charge is 0.350 e. The van der Waals surface area contributed by atoms with Gasteiger partial charge < -0.3 is 10.2 Å². The Morgan fingerprint density at radius 3 is 2.88 bits per heavy atom. The minimum atomic E-state index is -0.119. The van der Waals surface area contributed by atoms with Gasteiger partial charge in [-0.3, -0.25) is 14.5 Å². The van der Waals surface area contributed by atoms with Crippen molar-refractivity contribution < 1.29 is 9.59 Å². The van der Waals surface area contributed by atoms with E-state index in [1.54, 1.807) is 4.90 Å². The minimum absolute atomic E-state index is 0.0876. The highest BCUT2D eigenvalue weighted by molar-refractivity contribution is 5.84. The molecule has 7 heteroatoms. The van der Waals surface area contributed by atoms with Crippen LogP contribution < -0.4 is 5.32 Å². The van der Waals surface area contributed by atoms with Gasteiger partial charge in [-0.25, -0.2) is 9.97 Å². The third-order valence-corrected chi connectivity index (χ3v) is 5.34. The van der Waals surface area contributed by atoms with Crippen LogP contribution in [0.25, 0.3) is 0 Å². The number of likely N-dealkylation sites (tertiary alicyclic amines) is 2. The Balaban J connectivity index is 1.62. The summed E-state index contributed by atoms with van der Waals surface area (Å²) in [5.74, 6) is 0.724. The van der Waals surface area contributed by atoms with E-state index in [4.69, 9.17) is 0 Å². The first-order chi connectivity index (χ1) is 12.5. The summed E-state index contributed by atoms with van der Waals surface area (Å²) in [5, 5.41) is 2.95. The van der Waals surface area contributed by atoms with Crippen LogP contribution in [0.3, 0.4) is 0 Å². The molecule has 7 nitrogen and oxygen atoms in total. The van der Waals surface area contributed by atoms with Crippen LogP contribution in [0.15, 0.2) is 6.20 Å². The van der Waals surface area contributed by atoms with E-state index >= 15 is 0 Å². The van der Waals surface area contributed by atoms with E-state index in [1.165, 1.54) is 0 Å². The standard InChI is InChI=1S/C19H29N5O2/c1-14-20-11-15(19(22-14)16-7-6-9-23(16)2)12-21-17(25)13-24-10-5-3-4-8-18(24)26/h11,16H,3-10,12-13H2,1-2H3,(H,21,25). The van der Waals surface area contributed by atoms with E-state index in [0.717, 1.165) is 55.7 Å². The van der Waals surface area contributed by atoms with Crippen molar-refractivity contribution in [3.05, 3.63) is 23.3 Å². The molecule has 0 radical (unpaired) electrons. The minimum Gasteiger partial charge on any atom is -0.350 e. The summed E-state index contributed by atoms with van der Waals surface area (Å²) in [6.07, 6.45) is 7.57. The lowest BCUT2D eigenvalue weighted by Gasteiger charge is -2.22. The van der Waals surface area contributed by atoms with Gasteiger partial charge in [-0.1, -0.05) is 6.42 Å². The normalized spacial score (nSPS) is 21.7. The second-order valence-electron chi connectivity index (χ2n) is 7.37. The van der Waals surface area contributed by atoms with Crippen molar-refractivity contribution in [3.63, 3.8) is 0 Å². The number of carbonyl (C=O) groups is 2. The van der Waals surface area contributed by atoms with Gasteiger partial charge in [-0.2, -0.15) is 0 Å². The van der Waals surface area contributed by atoms with Gasteiger partial charge in [-0.15, -0.1) is 0 Å². The molecular formula is C19H29N5O2. The van der Waals surface area contributed by atoms with Gasteiger partial charge >= 0.3 is 0 Å². The molecule has 0 spiro atoms. The zero-order valence-electron chi connectivity index (χ0n) is 15.8. The van der Waals surface area contributed by atoms with Gasteiger partial charge in [0.2, 0.25) is 11.8 Å². The van der Waals surface area contributed by atoms with Crippen molar-refractivity contribution in [1.82, 2.24) is 25.1 Å². The molecule has 142 valence electrons. The molecule has 3 rings (SSSR count). The van der Waals surface area contributed by atoms with E-state index in [2.05, 4.69) is 27.2 Å². The first-order valence-corrected chi connectivity index (χ1v) is 9.61. The maximum absolute atomic E-state index is 12.4. The molecule has 26 heavy (non-hydrogen) atoms. The molecule has 0 saturated carbocycles. The van der Waals surface area contributed by atoms with Gasteiger partial charge in [0, 0.05) is 31.3 Å². The fourth-order valence-electron chi connectivity index (χ4n) is 3.82. The molecule has 2 saturated heterocycles. The van der Waals surface area contributed by atoms with Crippen LogP contribution in [0.1, 0.15) is 61.6 Å². The fraction of sp³-hybridized carbons (Fsp3) is 0.684. The summed E-state index contributed by atoms with van der Waals surface area (Å²) < 4.78 is 0. The second kappa shape index (κ2) is 8.58. The Labute approximate surface area is 155 Å². The van der Waals surface area contributed by atoms with Crippen LogP contribution in [-0.4, -0.2) is 58.3 Å². The molecule has 1 atom stereocenters. The molecule has 2 fully saturated rings. The van der Waals surface area contributed by atoms with Gasteiger partial charge in [0.25, 0.3) is 0 Å². The molecule has 1 aromatic heterocycles. The molecule has 1 unspecified atom stereocenters. The topological polar surface area (TPSA) is 78.4 Å². The van der Waals surface area contributed by atoms with Crippen molar-refractivity contribution in [3.8, 4) is 0 Å². The summed E-state index contributed by atoms with van der Waals surface area (Å²) in [4.78, 5) is 37.3. The van der Waals surface area contributed by atoms with E-state index in [1.807, 2.05) is 13.1 Å². The lowest BCUT2D eigenvalue weighted by molar-refractivity contribution is -0.135. The van der Waals surface area contributed by atoms with Crippen molar-refractivity contribution in [1.29, 1.82) is 0 Å². The number of carbonyl (C=O) groups excluding carboxylic acids is 2. The van der Waals surface area contributed by atoms with Crippen LogP contribution in [0.4, 0.5) is 0 Å². The predicted octanol–water partition coefficient (Wildman–Crippen LogP) is 1.57. The number of hydrogen-bond acceptors (Lipinski definition) is 5. The Kier molecular flexibility index (Phi) is 6.19. The Bertz CT molecular complexity index is 663. The van der Waals surface area contributed by atoms with Gasteiger partial charge in [0.15, 0.2) is 0 Å². The number of aromatic nitrogens is 2. The maximum atomic E-state index is 12.4. The van der Waals surface area contributed by atoms with Gasteiger partial charge in [0.1, 0.15) is 5.82 Å². The first kappa shape index (κ1) is 18.8.